The number of sulfonamides is 1. The number of nitrogens with one attached hydrogen (secondary N) is 1. The molecule has 1 aromatic heterocycles. The van der Waals surface area contributed by atoms with Crippen LogP contribution in [-0.2, 0) is 16.6 Å². The van der Waals surface area contributed by atoms with E-state index in [0.717, 1.165) is 11.6 Å². The van der Waals surface area contributed by atoms with Crippen LogP contribution in [0.3, 0.4) is 0 Å². The predicted octanol–water partition coefficient (Wildman–Crippen LogP) is 2.37. The number of methoxy groups -OCH3 is 1. The molecule has 19 heavy (non-hydrogen) atoms. The second kappa shape index (κ2) is 5.68. The molecule has 0 saturated carbocycles. The molecule has 1 heterocycles. The van der Waals surface area contributed by atoms with Gasteiger partial charge in [0.25, 0.3) is 0 Å². The summed E-state index contributed by atoms with van der Waals surface area (Å²) in [6.07, 6.45) is 0. The van der Waals surface area contributed by atoms with Crippen LogP contribution in [0.15, 0.2) is 39.9 Å². The highest BCUT2D eigenvalue weighted by molar-refractivity contribution is 7.89. The van der Waals surface area contributed by atoms with E-state index in [9.17, 15) is 12.8 Å². The number of rotatable bonds is 5. The monoisotopic (exact) mass is 301 g/mol. The minimum Gasteiger partial charge on any atom is -0.494 e. The lowest BCUT2D eigenvalue weighted by molar-refractivity contribution is 0.385. The minimum atomic E-state index is -3.72. The van der Waals surface area contributed by atoms with Crippen LogP contribution in [0.5, 0.6) is 5.75 Å². The van der Waals surface area contributed by atoms with Crippen molar-refractivity contribution in [3.05, 3.63) is 46.4 Å². The van der Waals surface area contributed by atoms with E-state index >= 15 is 0 Å². The third-order valence-corrected chi connectivity index (χ3v) is 4.61. The van der Waals surface area contributed by atoms with Gasteiger partial charge < -0.3 is 4.74 Å². The molecule has 2 rings (SSSR count). The van der Waals surface area contributed by atoms with Gasteiger partial charge in [-0.3, -0.25) is 0 Å². The second-order valence-electron chi connectivity index (χ2n) is 3.75. The molecule has 0 spiro atoms. The van der Waals surface area contributed by atoms with Crippen molar-refractivity contribution in [1.29, 1.82) is 0 Å². The molecule has 4 nitrogen and oxygen atoms in total. The third kappa shape index (κ3) is 3.31. The van der Waals surface area contributed by atoms with Gasteiger partial charge in [0.2, 0.25) is 10.0 Å². The molecule has 2 aromatic rings. The molecule has 1 N–H and O–H groups in total. The highest BCUT2D eigenvalue weighted by Crippen LogP contribution is 2.20. The van der Waals surface area contributed by atoms with Gasteiger partial charge in [0.1, 0.15) is 0 Å². The highest BCUT2D eigenvalue weighted by Gasteiger charge is 2.16. The Kier molecular flexibility index (Phi) is 4.18. The quantitative estimate of drug-likeness (QED) is 0.922. The topological polar surface area (TPSA) is 55.4 Å². The maximum atomic E-state index is 13.5. The molecule has 0 radical (unpaired) electrons. The Balaban J connectivity index is 2.17. The van der Waals surface area contributed by atoms with E-state index in [0.29, 0.717) is 0 Å². The van der Waals surface area contributed by atoms with Gasteiger partial charge >= 0.3 is 0 Å². The van der Waals surface area contributed by atoms with Crippen LogP contribution in [-0.4, -0.2) is 15.5 Å². The van der Waals surface area contributed by atoms with Gasteiger partial charge in [-0.1, -0.05) is 0 Å². The summed E-state index contributed by atoms with van der Waals surface area (Å²) in [7, 11) is -2.40. The zero-order valence-electron chi connectivity index (χ0n) is 10.1. The smallest absolute Gasteiger partial charge is 0.240 e. The van der Waals surface area contributed by atoms with Crippen molar-refractivity contribution in [2.75, 3.05) is 7.11 Å². The normalized spacial score (nSPS) is 11.5. The summed E-state index contributed by atoms with van der Waals surface area (Å²) >= 11 is 1.48. The summed E-state index contributed by atoms with van der Waals surface area (Å²) in [4.78, 5) is -0.124. The lowest BCUT2D eigenvalue weighted by atomic mass is 10.3. The molecule has 102 valence electrons. The summed E-state index contributed by atoms with van der Waals surface area (Å²) in [5.74, 6) is -0.697. The van der Waals surface area contributed by atoms with E-state index in [1.807, 2.05) is 16.8 Å². The first-order chi connectivity index (χ1) is 9.03. The average Bonchev–Trinajstić information content (AvgIpc) is 2.89. The average molecular weight is 301 g/mol. The molecule has 0 saturated heterocycles. The summed E-state index contributed by atoms with van der Waals surface area (Å²) in [6.45, 7) is 0.180. The first-order valence-electron chi connectivity index (χ1n) is 5.37. The SMILES string of the molecule is COc1ccc(S(=O)(=O)NCc2ccsc2)cc1F. The van der Waals surface area contributed by atoms with Gasteiger partial charge in [0.05, 0.1) is 12.0 Å². The molecule has 0 atom stereocenters. The van der Waals surface area contributed by atoms with Crippen LogP contribution in [0.1, 0.15) is 5.56 Å². The Labute approximate surface area is 114 Å². The summed E-state index contributed by atoms with van der Waals surface area (Å²) < 4.78 is 44.6. The van der Waals surface area contributed by atoms with E-state index in [-0.39, 0.29) is 17.2 Å². The molecular formula is C12H12FNO3S2. The zero-order valence-corrected chi connectivity index (χ0v) is 11.7. The Morgan fingerprint density at radius 2 is 2.16 bits per heavy atom. The van der Waals surface area contributed by atoms with E-state index < -0.39 is 15.8 Å². The molecule has 0 bridgehead atoms. The van der Waals surface area contributed by atoms with E-state index in [4.69, 9.17) is 4.74 Å². The Morgan fingerprint density at radius 3 is 2.74 bits per heavy atom. The van der Waals surface area contributed by atoms with Crippen LogP contribution in [0, 0.1) is 5.82 Å². The number of ether oxygens (including phenoxy) is 1. The number of benzene rings is 1. The van der Waals surface area contributed by atoms with Crippen molar-refractivity contribution in [3.63, 3.8) is 0 Å². The zero-order chi connectivity index (χ0) is 13.9. The lowest BCUT2D eigenvalue weighted by Crippen LogP contribution is -2.23. The van der Waals surface area contributed by atoms with Gasteiger partial charge in [-0.05, 0) is 40.6 Å². The van der Waals surface area contributed by atoms with Crippen LogP contribution < -0.4 is 9.46 Å². The van der Waals surface area contributed by atoms with Crippen molar-refractivity contribution in [2.45, 2.75) is 11.4 Å². The standard InChI is InChI=1S/C12H12FNO3S2/c1-17-12-3-2-10(6-11(12)13)19(15,16)14-7-9-4-5-18-8-9/h2-6,8,14H,7H2,1H3. The third-order valence-electron chi connectivity index (χ3n) is 2.48. The highest BCUT2D eigenvalue weighted by atomic mass is 32.2. The fraction of sp³-hybridized carbons (Fsp3) is 0.167. The Hall–Kier alpha value is -1.44. The largest absolute Gasteiger partial charge is 0.494 e. The molecule has 7 heteroatoms. The fourth-order valence-corrected chi connectivity index (χ4v) is 3.17. The van der Waals surface area contributed by atoms with E-state index in [1.165, 1.54) is 30.6 Å². The fourth-order valence-electron chi connectivity index (χ4n) is 1.47. The number of thiophene rings is 1. The van der Waals surface area contributed by atoms with Crippen molar-refractivity contribution < 1.29 is 17.5 Å². The maximum absolute atomic E-state index is 13.5. The van der Waals surface area contributed by atoms with Gasteiger partial charge in [0.15, 0.2) is 11.6 Å². The number of hydrogen-bond donors (Lipinski definition) is 1. The van der Waals surface area contributed by atoms with Crippen molar-refractivity contribution in [3.8, 4) is 5.75 Å². The van der Waals surface area contributed by atoms with Crippen LogP contribution in [0.25, 0.3) is 0 Å². The minimum absolute atomic E-state index is 0.0109. The molecular weight excluding hydrogens is 289 g/mol. The molecule has 1 aromatic carbocycles. The molecule has 0 aliphatic carbocycles. The van der Waals surface area contributed by atoms with Gasteiger partial charge in [-0.25, -0.2) is 17.5 Å². The van der Waals surface area contributed by atoms with Crippen molar-refractivity contribution in [2.24, 2.45) is 0 Å². The molecule has 0 unspecified atom stereocenters. The van der Waals surface area contributed by atoms with E-state index in [1.54, 1.807) is 0 Å². The van der Waals surface area contributed by atoms with E-state index in [2.05, 4.69) is 4.72 Å². The first-order valence-corrected chi connectivity index (χ1v) is 7.80. The van der Waals surface area contributed by atoms with Gasteiger partial charge in [-0.15, -0.1) is 0 Å². The van der Waals surface area contributed by atoms with Crippen LogP contribution in [0.2, 0.25) is 0 Å². The lowest BCUT2D eigenvalue weighted by Gasteiger charge is -2.07. The summed E-state index contributed by atoms with van der Waals surface area (Å²) in [6, 6.07) is 5.35. The maximum Gasteiger partial charge on any atom is 0.240 e. The van der Waals surface area contributed by atoms with Crippen LogP contribution in [0.4, 0.5) is 4.39 Å². The van der Waals surface area contributed by atoms with Crippen molar-refractivity contribution >= 4 is 21.4 Å². The number of halogens is 1. The molecule has 0 amide bonds. The number of hydrogen-bond acceptors (Lipinski definition) is 4. The Morgan fingerprint density at radius 1 is 1.37 bits per heavy atom. The van der Waals surface area contributed by atoms with Crippen LogP contribution >= 0.6 is 11.3 Å². The second-order valence-corrected chi connectivity index (χ2v) is 6.30. The van der Waals surface area contributed by atoms with Gasteiger partial charge in [-0.2, -0.15) is 11.3 Å². The van der Waals surface area contributed by atoms with Crippen molar-refractivity contribution in [1.82, 2.24) is 4.72 Å². The summed E-state index contributed by atoms with van der Waals surface area (Å²) in [5.41, 5.74) is 0.863. The molecule has 0 aliphatic rings. The van der Waals surface area contributed by atoms with Gasteiger partial charge in [0, 0.05) is 6.54 Å². The first kappa shape index (κ1) is 14.0. The predicted molar refractivity (Wildman–Crippen MR) is 71.3 cm³/mol. The molecule has 0 aliphatic heterocycles. The summed E-state index contributed by atoms with van der Waals surface area (Å²) in [5, 5.41) is 3.70. The molecule has 0 fully saturated rings. The Bertz CT molecular complexity index is 654.